The predicted octanol–water partition coefficient (Wildman–Crippen LogP) is 0.916. The van der Waals surface area contributed by atoms with Gasteiger partial charge in [0, 0.05) is 13.2 Å². The number of aromatic nitrogens is 1. The van der Waals surface area contributed by atoms with Gasteiger partial charge in [0.05, 0.1) is 6.61 Å². The maximum Gasteiger partial charge on any atom is 0.397 e. The lowest BCUT2D eigenvalue weighted by atomic mass is 10.3. The molecule has 1 amide bonds. The molecule has 0 unspecified atom stereocenters. The van der Waals surface area contributed by atoms with Gasteiger partial charge in [-0.3, -0.25) is 9.69 Å². The highest BCUT2D eigenvalue weighted by Crippen LogP contribution is 2.09. The first-order chi connectivity index (χ1) is 7.56. The third-order valence-electron chi connectivity index (χ3n) is 1.99. The average molecular weight is 222 g/mol. The normalized spacial score (nSPS) is 9.69. The summed E-state index contributed by atoms with van der Waals surface area (Å²) in [6, 6.07) is 3.49. The van der Waals surface area contributed by atoms with Crippen LogP contribution in [0.1, 0.15) is 12.5 Å². The minimum Gasteiger partial charge on any atom is -0.459 e. The molecule has 0 atom stereocenters. The number of likely N-dealkylation sites (N-methyl/N-ethyl adjacent to an activating group) is 1. The molecular formula is C11H14N2O3. The van der Waals surface area contributed by atoms with E-state index in [-0.39, 0.29) is 6.61 Å². The summed E-state index contributed by atoms with van der Waals surface area (Å²) >= 11 is 0. The Morgan fingerprint density at radius 1 is 1.44 bits per heavy atom. The van der Waals surface area contributed by atoms with E-state index in [2.05, 4.69) is 9.72 Å². The van der Waals surface area contributed by atoms with Crippen LogP contribution >= 0.6 is 0 Å². The number of carbonyl (C=O) groups excluding carboxylic acids is 2. The van der Waals surface area contributed by atoms with Gasteiger partial charge in [-0.2, -0.15) is 0 Å². The molecule has 5 heteroatoms. The van der Waals surface area contributed by atoms with Crippen molar-refractivity contribution >= 4 is 17.7 Å². The molecule has 1 heterocycles. The maximum atomic E-state index is 11.5. The van der Waals surface area contributed by atoms with Gasteiger partial charge >= 0.3 is 11.9 Å². The molecule has 1 aromatic rings. The van der Waals surface area contributed by atoms with Crippen LogP contribution in [-0.4, -0.2) is 30.5 Å². The summed E-state index contributed by atoms with van der Waals surface area (Å²) in [6.07, 6.45) is 1.63. The van der Waals surface area contributed by atoms with Gasteiger partial charge in [-0.05, 0) is 25.5 Å². The second kappa shape index (κ2) is 5.25. The number of aryl methyl sites for hydroxylation is 1. The molecule has 0 spiro atoms. The summed E-state index contributed by atoms with van der Waals surface area (Å²) in [7, 11) is 1.48. The molecule has 0 aliphatic carbocycles. The number of carbonyl (C=O) groups is 2. The van der Waals surface area contributed by atoms with E-state index in [1.54, 1.807) is 19.2 Å². The highest BCUT2D eigenvalue weighted by atomic mass is 16.5. The summed E-state index contributed by atoms with van der Waals surface area (Å²) in [5, 5.41) is 0. The summed E-state index contributed by atoms with van der Waals surface area (Å²) in [5.41, 5.74) is 0.987. The first-order valence-corrected chi connectivity index (χ1v) is 4.93. The van der Waals surface area contributed by atoms with E-state index >= 15 is 0 Å². The van der Waals surface area contributed by atoms with Crippen LogP contribution in [0.25, 0.3) is 0 Å². The molecular weight excluding hydrogens is 208 g/mol. The van der Waals surface area contributed by atoms with Gasteiger partial charge < -0.3 is 4.74 Å². The number of esters is 1. The van der Waals surface area contributed by atoms with Crippen molar-refractivity contribution in [3.63, 3.8) is 0 Å². The molecule has 1 aromatic heterocycles. The van der Waals surface area contributed by atoms with Crippen LogP contribution < -0.4 is 4.90 Å². The monoisotopic (exact) mass is 222 g/mol. The fourth-order valence-corrected chi connectivity index (χ4v) is 1.09. The Bertz CT molecular complexity index is 387. The fourth-order valence-electron chi connectivity index (χ4n) is 1.09. The SMILES string of the molecule is CCOC(=O)C(=O)N(C)c1ccc(C)cn1. The molecule has 1 rings (SSSR count). The van der Waals surface area contributed by atoms with E-state index in [9.17, 15) is 9.59 Å². The van der Waals surface area contributed by atoms with Gasteiger partial charge in [0.15, 0.2) is 0 Å². The molecule has 0 fully saturated rings. The van der Waals surface area contributed by atoms with E-state index < -0.39 is 11.9 Å². The standard InChI is InChI=1S/C11H14N2O3/c1-4-16-11(15)10(14)13(3)9-6-5-8(2)7-12-9/h5-7H,4H2,1-3H3. The number of hydrogen-bond acceptors (Lipinski definition) is 4. The van der Waals surface area contributed by atoms with Crippen LogP contribution in [-0.2, 0) is 14.3 Å². The molecule has 5 nitrogen and oxygen atoms in total. The minimum atomic E-state index is -0.868. The highest BCUT2D eigenvalue weighted by molar-refractivity contribution is 6.37. The van der Waals surface area contributed by atoms with E-state index in [0.29, 0.717) is 5.82 Å². The van der Waals surface area contributed by atoms with Crippen molar-refractivity contribution in [2.24, 2.45) is 0 Å². The van der Waals surface area contributed by atoms with Crippen LogP contribution in [0.2, 0.25) is 0 Å². The molecule has 16 heavy (non-hydrogen) atoms. The molecule has 0 N–H and O–H groups in total. The van der Waals surface area contributed by atoms with E-state index in [0.717, 1.165) is 10.5 Å². The third kappa shape index (κ3) is 2.79. The summed E-state index contributed by atoms with van der Waals surface area (Å²) in [6.45, 7) is 3.72. The zero-order valence-electron chi connectivity index (χ0n) is 9.56. The van der Waals surface area contributed by atoms with Gasteiger partial charge in [0.1, 0.15) is 5.82 Å². The van der Waals surface area contributed by atoms with Gasteiger partial charge in [0.2, 0.25) is 0 Å². The van der Waals surface area contributed by atoms with Crippen molar-refractivity contribution in [3.8, 4) is 0 Å². The Balaban J connectivity index is 2.77. The third-order valence-corrected chi connectivity index (χ3v) is 1.99. The molecule has 0 aromatic carbocycles. The van der Waals surface area contributed by atoms with Crippen molar-refractivity contribution in [2.45, 2.75) is 13.8 Å². The Hall–Kier alpha value is -1.91. The lowest BCUT2D eigenvalue weighted by Gasteiger charge is -2.14. The molecule has 0 radical (unpaired) electrons. The Kier molecular flexibility index (Phi) is 3.99. The molecule has 0 aliphatic rings. The molecule has 0 bridgehead atoms. The van der Waals surface area contributed by atoms with Gasteiger partial charge in [-0.1, -0.05) is 6.07 Å². The van der Waals surface area contributed by atoms with Crippen LogP contribution in [0.15, 0.2) is 18.3 Å². The number of nitrogens with zero attached hydrogens (tertiary/aromatic N) is 2. The lowest BCUT2D eigenvalue weighted by Crippen LogP contribution is -2.35. The number of amides is 1. The quantitative estimate of drug-likeness (QED) is 0.551. The van der Waals surface area contributed by atoms with Crippen molar-refractivity contribution in [2.75, 3.05) is 18.6 Å². The lowest BCUT2D eigenvalue weighted by molar-refractivity contribution is -0.153. The minimum absolute atomic E-state index is 0.180. The Labute approximate surface area is 94.0 Å². The zero-order valence-corrected chi connectivity index (χ0v) is 9.56. The van der Waals surface area contributed by atoms with Gasteiger partial charge in [-0.15, -0.1) is 0 Å². The van der Waals surface area contributed by atoms with Crippen molar-refractivity contribution < 1.29 is 14.3 Å². The second-order valence-corrected chi connectivity index (χ2v) is 3.28. The second-order valence-electron chi connectivity index (χ2n) is 3.28. The first kappa shape index (κ1) is 12.2. The van der Waals surface area contributed by atoms with E-state index in [1.165, 1.54) is 7.05 Å². The zero-order chi connectivity index (χ0) is 12.1. The maximum absolute atomic E-state index is 11.5. The van der Waals surface area contributed by atoms with E-state index in [4.69, 9.17) is 0 Å². The van der Waals surface area contributed by atoms with Crippen molar-refractivity contribution in [1.82, 2.24) is 4.98 Å². The molecule has 0 saturated heterocycles. The smallest absolute Gasteiger partial charge is 0.397 e. The van der Waals surface area contributed by atoms with E-state index in [1.807, 2.05) is 13.0 Å². The summed E-state index contributed by atoms with van der Waals surface area (Å²) in [5.74, 6) is -1.17. The summed E-state index contributed by atoms with van der Waals surface area (Å²) in [4.78, 5) is 27.9. The van der Waals surface area contributed by atoms with Gasteiger partial charge in [0.25, 0.3) is 0 Å². The topological polar surface area (TPSA) is 59.5 Å². The predicted molar refractivity (Wildman–Crippen MR) is 59.0 cm³/mol. The Morgan fingerprint density at radius 2 is 2.12 bits per heavy atom. The summed E-state index contributed by atoms with van der Waals surface area (Å²) < 4.78 is 4.61. The molecule has 86 valence electrons. The average Bonchev–Trinajstić information content (AvgIpc) is 2.28. The van der Waals surface area contributed by atoms with Crippen LogP contribution in [0, 0.1) is 6.92 Å². The van der Waals surface area contributed by atoms with Crippen LogP contribution in [0.4, 0.5) is 5.82 Å². The number of rotatable bonds is 2. The van der Waals surface area contributed by atoms with Crippen LogP contribution in [0.3, 0.4) is 0 Å². The van der Waals surface area contributed by atoms with Crippen molar-refractivity contribution in [1.29, 1.82) is 0 Å². The number of pyridine rings is 1. The van der Waals surface area contributed by atoms with Crippen molar-refractivity contribution in [3.05, 3.63) is 23.9 Å². The largest absolute Gasteiger partial charge is 0.459 e. The fraction of sp³-hybridized carbons (Fsp3) is 0.364. The molecule has 0 saturated carbocycles. The van der Waals surface area contributed by atoms with Crippen LogP contribution in [0.5, 0.6) is 0 Å². The highest BCUT2D eigenvalue weighted by Gasteiger charge is 2.21. The number of ether oxygens (including phenoxy) is 1. The molecule has 0 aliphatic heterocycles. The number of hydrogen-bond donors (Lipinski definition) is 0. The number of anilines is 1. The Morgan fingerprint density at radius 3 is 2.62 bits per heavy atom. The first-order valence-electron chi connectivity index (χ1n) is 4.93. The van der Waals surface area contributed by atoms with Gasteiger partial charge in [-0.25, -0.2) is 9.78 Å².